The van der Waals surface area contributed by atoms with E-state index in [9.17, 15) is 10.4 Å². The number of nitrogens with one attached hydrogen (secondary N) is 1. The Hall–Kier alpha value is -2.65. The second kappa shape index (κ2) is 6.58. The van der Waals surface area contributed by atoms with Gasteiger partial charge in [-0.3, -0.25) is 0 Å². The molecule has 6 nitrogen and oxygen atoms in total. The van der Waals surface area contributed by atoms with Crippen LogP contribution < -0.4 is 5.43 Å². The molecule has 136 valence electrons. The van der Waals surface area contributed by atoms with E-state index in [4.69, 9.17) is 0 Å². The fourth-order valence-corrected chi connectivity index (χ4v) is 3.84. The maximum Gasteiger partial charge on any atom is 0.163 e. The lowest BCUT2D eigenvalue weighted by molar-refractivity contribution is -0.00363. The molecule has 6 heteroatoms. The molecule has 1 aliphatic heterocycles. The molecule has 0 unspecified atom stereocenters. The van der Waals surface area contributed by atoms with E-state index < -0.39 is 0 Å². The quantitative estimate of drug-likeness (QED) is 0.866. The molecule has 2 aromatic rings. The van der Waals surface area contributed by atoms with Crippen molar-refractivity contribution in [2.75, 3.05) is 5.43 Å². The van der Waals surface area contributed by atoms with Gasteiger partial charge in [-0.1, -0.05) is 6.07 Å². The third-order valence-corrected chi connectivity index (χ3v) is 5.10. The van der Waals surface area contributed by atoms with Crippen LogP contribution in [0.1, 0.15) is 52.5 Å². The van der Waals surface area contributed by atoms with E-state index in [1.807, 2.05) is 6.07 Å². The minimum Gasteiger partial charge on any atom is -0.507 e. The minimum atomic E-state index is 0.00772. The van der Waals surface area contributed by atoms with Crippen LogP contribution in [0.5, 0.6) is 5.75 Å². The van der Waals surface area contributed by atoms with Gasteiger partial charge in [0.25, 0.3) is 0 Å². The van der Waals surface area contributed by atoms with Crippen LogP contribution in [0.3, 0.4) is 0 Å². The van der Waals surface area contributed by atoms with Gasteiger partial charge < -0.3 is 10.5 Å². The van der Waals surface area contributed by atoms with Gasteiger partial charge in [0.15, 0.2) is 5.82 Å². The monoisotopic (exact) mass is 351 g/mol. The Kier molecular flexibility index (Phi) is 4.59. The molecule has 2 N–H and O–H groups in total. The van der Waals surface area contributed by atoms with Crippen molar-refractivity contribution < 1.29 is 5.11 Å². The molecule has 1 fully saturated rings. The van der Waals surface area contributed by atoms with Gasteiger partial charge in [0, 0.05) is 11.1 Å². The van der Waals surface area contributed by atoms with Gasteiger partial charge in [0.05, 0.1) is 22.9 Å². The zero-order valence-corrected chi connectivity index (χ0v) is 15.7. The van der Waals surface area contributed by atoms with Gasteiger partial charge in [0.1, 0.15) is 5.75 Å². The standard InChI is InChI=1S/C20H25N5O/c1-19(2)11-6-12-20(3,4)25(19)24-17-10-9-15(22-23-17)18-14(13-21)7-5-8-16(18)26/h5,7-10,26H,6,11-12H2,1-4H3,(H,23,24). The number of piperidine rings is 1. The Morgan fingerprint density at radius 2 is 1.77 bits per heavy atom. The average molecular weight is 351 g/mol. The van der Waals surface area contributed by atoms with E-state index in [1.54, 1.807) is 24.3 Å². The Morgan fingerprint density at radius 1 is 1.08 bits per heavy atom. The number of aromatic nitrogens is 2. The molecule has 1 aromatic heterocycles. The summed E-state index contributed by atoms with van der Waals surface area (Å²) in [5.74, 6) is 0.670. The molecule has 0 bridgehead atoms. The van der Waals surface area contributed by atoms with E-state index in [0.29, 0.717) is 22.6 Å². The summed E-state index contributed by atoms with van der Waals surface area (Å²) in [6, 6.07) is 10.5. The van der Waals surface area contributed by atoms with Crippen LogP contribution in [0.15, 0.2) is 30.3 Å². The lowest BCUT2D eigenvalue weighted by Gasteiger charge is -2.52. The number of benzene rings is 1. The predicted molar refractivity (Wildman–Crippen MR) is 101 cm³/mol. The normalized spacial score (nSPS) is 18.9. The largest absolute Gasteiger partial charge is 0.507 e. The highest BCUT2D eigenvalue weighted by atomic mass is 16.3. The Labute approximate surface area is 154 Å². The van der Waals surface area contributed by atoms with Gasteiger partial charge in [-0.2, -0.15) is 5.26 Å². The number of anilines is 1. The van der Waals surface area contributed by atoms with Crippen LogP contribution in [-0.2, 0) is 0 Å². The van der Waals surface area contributed by atoms with Gasteiger partial charge in [-0.25, -0.2) is 5.01 Å². The molecule has 0 spiro atoms. The van der Waals surface area contributed by atoms with Crippen LogP contribution in [-0.4, -0.2) is 31.4 Å². The zero-order chi connectivity index (χ0) is 18.9. The molecule has 0 aliphatic carbocycles. The smallest absolute Gasteiger partial charge is 0.163 e. The van der Waals surface area contributed by atoms with Crippen LogP contribution in [0.2, 0.25) is 0 Å². The van der Waals surface area contributed by atoms with E-state index in [-0.39, 0.29) is 16.8 Å². The number of aromatic hydroxyl groups is 1. The van der Waals surface area contributed by atoms with Gasteiger partial charge in [-0.15, -0.1) is 10.2 Å². The second-order valence-electron chi connectivity index (χ2n) is 8.04. The molecular weight excluding hydrogens is 326 g/mol. The maximum absolute atomic E-state index is 10.1. The van der Waals surface area contributed by atoms with Gasteiger partial charge >= 0.3 is 0 Å². The number of phenols is 1. The van der Waals surface area contributed by atoms with Crippen LogP contribution in [0.4, 0.5) is 5.82 Å². The number of phenolic OH excluding ortho intramolecular Hbond substituents is 1. The summed E-state index contributed by atoms with van der Waals surface area (Å²) in [5, 5.41) is 30.1. The van der Waals surface area contributed by atoms with E-state index in [2.05, 4.69) is 54.4 Å². The van der Waals surface area contributed by atoms with E-state index in [0.717, 1.165) is 12.8 Å². The van der Waals surface area contributed by atoms with Crippen LogP contribution in [0, 0.1) is 11.3 Å². The lowest BCUT2D eigenvalue weighted by atomic mass is 9.81. The Morgan fingerprint density at radius 3 is 2.35 bits per heavy atom. The first-order valence-corrected chi connectivity index (χ1v) is 8.88. The third kappa shape index (κ3) is 3.35. The highest BCUT2D eigenvalue weighted by Gasteiger charge is 2.41. The number of hydrogen-bond donors (Lipinski definition) is 2. The third-order valence-electron chi connectivity index (χ3n) is 5.10. The summed E-state index contributed by atoms with van der Waals surface area (Å²) in [6.07, 6.45) is 3.42. The van der Waals surface area contributed by atoms with Crippen molar-refractivity contribution in [1.82, 2.24) is 15.2 Å². The topological polar surface area (TPSA) is 85.1 Å². The fraction of sp³-hybridized carbons (Fsp3) is 0.450. The van der Waals surface area contributed by atoms with Crippen molar-refractivity contribution in [2.24, 2.45) is 0 Å². The molecule has 1 saturated heterocycles. The van der Waals surface area contributed by atoms with Crippen molar-refractivity contribution in [3.05, 3.63) is 35.9 Å². The first kappa shape index (κ1) is 18.2. The molecule has 1 aliphatic rings. The number of hydrogen-bond acceptors (Lipinski definition) is 6. The highest BCUT2D eigenvalue weighted by Crippen LogP contribution is 2.38. The lowest BCUT2D eigenvalue weighted by Crippen LogP contribution is -2.61. The molecule has 0 radical (unpaired) electrons. The summed E-state index contributed by atoms with van der Waals surface area (Å²) in [5.41, 5.74) is 4.69. The molecule has 2 heterocycles. The summed E-state index contributed by atoms with van der Waals surface area (Å²) < 4.78 is 0. The first-order chi connectivity index (χ1) is 12.2. The number of nitrogens with zero attached hydrogens (tertiary/aromatic N) is 4. The average Bonchev–Trinajstić information content (AvgIpc) is 2.58. The van der Waals surface area contributed by atoms with Crippen molar-refractivity contribution in [2.45, 2.75) is 58.0 Å². The van der Waals surface area contributed by atoms with Crippen molar-refractivity contribution >= 4 is 5.82 Å². The second-order valence-corrected chi connectivity index (χ2v) is 8.04. The van der Waals surface area contributed by atoms with E-state index in [1.165, 1.54) is 6.42 Å². The van der Waals surface area contributed by atoms with Crippen molar-refractivity contribution in [3.8, 4) is 23.1 Å². The summed E-state index contributed by atoms with van der Waals surface area (Å²) in [6.45, 7) is 8.90. The molecule has 1 aromatic carbocycles. The van der Waals surface area contributed by atoms with Crippen molar-refractivity contribution in [1.29, 1.82) is 5.26 Å². The number of nitriles is 1. The van der Waals surface area contributed by atoms with Gasteiger partial charge in [-0.05, 0) is 71.2 Å². The summed E-state index contributed by atoms with van der Waals surface area (Å²) >= 11 is 0. The van der Waals surface area contributed by atoms with Gasteiger partial charge in [0.2, 0.25) is 0 Å². The maximum atomic E-state index is 10.1. The zero-order valence-electron chi connectivity index (χ0n) is 15.7. The van der Waals surface area contributed by atoms with E-state index >= 15 is 0 Å². The van der Waals surface area contributed by atoms with Crippen LogP contribution in [0.25, 0.3) is 11.3 Å². The Bertz CT molecular complexity index is 820. The SMILES string of the molecule is CC1(C)CCCC(C)(C)N1Nc1ccc(-c2c(O)cccc2C#N)nn1. The molecule has 0 atom stereocenters. The first-order valence-electron chi connectivity index (χ1n) is 8.88. The Balaban J connectivity index is 1.88. The summed E-state index contributed by atoms with van der Waals surface area (Å²) in [7, 11) is 0. The molecule has 0 amide bonds. The molecule has 26 heavy (non-hydrogen) atoms. The fourth-order valence-electron chi connectivity index (χ4n) is 3.84. The minimum absolute atomic E-state index is 0.00772. The molecule has 0 saturated carbocycles. The van der Waals surface area contributed by atoms with Crippen molar-refractivity contribution in [3.63, 3.8) is 0 Å². The molecular formula is C20H25N5O. The number of hydrazine groups is 1. The van der Waals surface area contributed by atoms with Crippen LogP contribution >= 0.6 is 0 Å². The summed E-state index contributed by atoms with van der Waals surface area (Å²) in [4.78, 5) is 0. The molecule has 3 rings (SSSR count). The highest BCUT2D eigenvalue weighted by molar-refractivity contribution is 5.73. The number of rotatable bonds is 3. The predicted octanol–water partition coefficient (Wildman–Crippen LogP) is 4.09.